The number of ether oxygens (including phenoxy) is 2. The Kier molecular flexibility index (Phi) is 2.93. The third-order valence-electron chi connectivity index (χ3n) is 1.83. The zero-order valence-corrected chi connectivity index (χ0v) is 8.37. The SMILES string of the molecule is CC(C)(C)OC(=O)[C@@H]1COC[C@H]1N. The molecule has 0 aromatic rings. The third-order valence-corrected chi connectivity index (χ3v) is 1.83. The molecule has 0 bridgehead atoms. The molecule has 4 heteroatoms. The smallest absolute Gasteiger partial charge is 0.313 e. The second kappa shape index (κ2) is 3.64. The van der Waals surface area contributed by atoms with Crippen LogP contribution in [-0.2, 0) is 14.3 Å². The molecule has 0 unspecified atom stereocenters. The molecule has 0 aliphatic carbocycles. The van der Waals surface area contributed by atoms with Crippen molar-refractivity contribution in [3.63, 3.8) is 0 Å². The lowest BCUT2D eigenvalue weighted by atomic mass is 10.0. The van der Waals surface area contributed by atoms with Crippen LogP contribution in [0.1, 0.15) is 20.8 Å². The Hall–Kier alpha value is -0.610. The summed E-state index contributed by atoms with van der Waals surface area (Å²) in [6.07, 6.45) is 0. The van der Waals surface area contributed by atoms with Crippen LogP contribution in [0.4, 0.5) is 0 Å². The van der Waals surface area contributed by atoms with Gasteiger partial charge in [0.2, 0.25) is 0 Å². The molecule has 0 spiro atoms. The summed E-state index contributed by atoms with van der Waals surface area (Å²) in [6, 6.07) is -0.213. The number of rotatable bonds is 1. The van der Waals surface area contributed by atoms with Gasteiger partial charge in [0.25, 0.3) is 0 Å². The van der Waals surface area contributed by atoms with Crippen molar-refractivity contribution in [2.75, 3.05) is 13.2 Å². The van der Waals surface area contributed by atoms with Gasteiger partial charge in [-0.05, 0) is 20.8 Å². The first-order valence-corrected chi connectivity index (χ1v) is 4.46. The van der Waals surface area contributed by atoms with Gasteiger partial charge in [-0.15, -0.1) is 0 Å². The lowest BCUT2D eigenvalue weighted by Crippen LogP contribution is -2.38. The van der Waals surface area contributed by atoms with E-state index in [4.69, 9.17) is 15.2 Å². The van der Waals surface area contributed by atoms with E-state index in [2.05, 4.69) is 0 Å². The summed E-state index contributed by atoms with van der Waals surface area (Å²) >= 11 is 0. The second-order valence-corrected chi connectivity index (χ2v) is 4.34. The minimum absolute atomic E-state index is 0.213. The molecule has 0 radical (unpaired) electrons. The molecule has 76 valence electrons. The molecule has 1 rings (SSSR count). The van der Waals surface area contributed by atoms with E-state index in [-0.39, 0.29) is 17.9 Å². The van der Waals surface area contributed by atoms with Crippen molar-refractivity contribution in [1.82, 2.24) is 0 Å². The van der Waals surface area contributed by atoms with Gasteiger partial charge >= 0.3 is 5.97 Å². The maximum absolute atomic E-state index is 11.5. The van der Waals surface area contributed by atoms with E-state index in [9.17, 15) is 4.79 Å². The Morgan fingerprint density at radius 1 is 1.46 bits per heavy atom. The van der Waals surface area contributed by atoms with Crippen LogP contribution < -0.4 is 5.73 Å². The summed E-state index contributed by atoms with van der Waals surface area (Å²) in [5, 5.41) is 0. The zero-order valence-electron chi connectivity index (χ0n) is 8.37. The van der Waals surface area contributed by atoms with Gasteiger partial charge < -0.3 is 15.2 Å². The molecular formula is C9H17NO3. The van der Waals surface area contributed by atoms with Crippen molar-refractivity contribution in [2.24, 2.45) is 11.7 Å². The highest BCUT2D eigenvalue weighted by atomic mass is 16.6. The molecule has 0 amide bonds. The van der Waals surface area contributed by atoms with E-state index < -0.39 is 5.60 Å². The van der Waals surface area contributed by atoms with Crippen molar-refractivity contribution in [1.29, 1.82) is 0 Å². The summed E-state index contributed by atoms with van der Waals surface area (Å²) in [7, 11) is 0. The van der Waals surface area contributed by atoms with Crippen molar-refractivity contribution in [3.05, 3.63) is 0 Å². The molecule has 1 aliphatic rings. The molecule has 2 atom stereocenters. The van der Waals surface area contributed by atoms with Gasteiger partial charge in [0.1, 0.15) is 5.60 Å². The summed E-state index contributed by atoms with van der Waals surface area (Å²) in [5.41, 5.74) is 5.23. The Morgan fingerprint density at radius 3 is 2.46 bits per heavy atom. The van der Waals surface area contributed by atoms with Crippen LogP contribution in [0.15, 0.2) is 0 Å². The molecule has 4 nitrogen and oxygen atoms in total. The van der Waals surface area contributed by atoms with E-state index in [0.717, 1.165) is 0 Å². The van der Waals surface area contributed by atoms with E-state index in [1.54, 1.807) is 0 Å². The van der Waals surface area contributed by atoms with Gasteiger partial charge in [0.05, 0.1) is 19.1 Å². The molecule has 2 N–H and O–H groups in total. The van der Waals surface area contributed by atoms with E-state index >= 15 is 0 Å². The first kappa shape index (κ1) is 10.5. The fourth-order valence-electron chi connectivity index (χ4n) is 1.19. The second-order valence-electron chi connectivity index (χ2n) is 4.34. The Labute approximate surface area is 78.4 Å². The average Bonchev–Trinajstić information content (AvgIpc) is 2.30. The summed E-state index contributed by atoms with van der Waals surface area (Å²) in [6.45, 7) is 6.35. The molecule has 1 heterocycles. The van der Waals surface area contributed by atoms with E-state index in [1.807, 2.05) is 20.8 Å². The maximum atomic E-state index is 11.5. The summed E-state index contributed by atoms with van der Waals surface area (Å²) < 4.78 is 10.3. The van der Waals surface area contributed by atoms with Gasteiger partial charge in [0, 0.05) is 6.04 Å². The van der Waals surface area contributed by atoms with Crippen LogP contribution >= 0.6 is 0 Å². The first-order valence-electron chi connectivity index (χ1n) is 4.46. The number of carbonyl (C=O) groups is 1. The normalized spacial score (nSPS) is 28.9. The van der Waals surface area contributed by atoms with Crippen LogP contribution in [-0.4, -0.2) is 30.8 Å². The Bertz CT molecular complexity index is 198. The minimum Gasteiger partial charge on any atom is -0.460 e. The number of carbonyl (C=O) groups excluding carboxylic acids is 1. The van der Waals surface area contributed by atoms with E-state index in [1.165, 1.54) is 0 Å². The molecule has 0 aromatic carbocycles. The van der Waals surface area contributed by atoms with Crippen LogP contribution in [0.25, 0.3) is 0 Å². The highest BCUT2D eigenvalue weighted by Crippen LogP contribution is 2.17. The number of nitrogens with two attached hydrogens (primary N) is 1. The highest BCUT2D eigenvalue weighted by molar-refractivity contribution is 5.74. The van der Waals surface area contributed by atoms with Crippen LogP contribution in [0.5, 0.6) is 0 Å². The van der Waals surface area contributed by atoms with Crippen molar-refractivity contribution < 1.29 is 14.3 Å². The zero-order chi connectivity index (χ0) is 10.1. The molecule has 0 aromatic heterocycles. The topological polar surface area (TPSA) is 61.5 Å². The standard InChI is InChI=1S/C9H17NO3/c1-9(2,3)13-8(11)6-4-12-5-7(6)10/h6-7H,4-5,10H2,1-3H3/t6-,7-/m1/s1. The quantitative estimate of drug-likeness (QED) is 0.600. The largest absolute Gasteiger partial charge is 0.460 e. The van der Waals surface area contributed by atoms with Gasteiger partial charge in [-0.25, -0.2) is 0 Å². The maximum Gasteiger partial charge on any atom is 0.313 e. The summed E-state index contributed by atoms with van der Waals surface area (Å²) in [4.78, 5) is 11.5. The van der Waals surface area contributed by atoms with Gasteiger partial charge in [-0.2, -0.15) is 0 Å². The van der Waals surface area contributed by atoms with Crippen molar-refractivity contribution in [3.8, 4) is 0 Å². The van der Waals surface area contributed by atoms with Crippen LogP contribution in [0, 0.1) is 5.92 Å². The third kappa shape index (κ3) is 2.97. The van der Waals surface area contributed by atoms with Crippen molar-refractivity contribution >= 4 is 5.97 Å². The van der Waals surface area contributed by atoms with Crippen LogP contribution in [0.3, 0.4) is 0 Å². The predicted octanol–water partition coefficient (Wildman–Crippen LogP) is 0.302. The van der Waals surface area contributed by atoms with E-state index in [0.29, 0.717) is 13.2 Å². The Balaban J connectivity index is 2.48. The number of esters is 1. The molecule has 1 fully saturated rings. The number of hydrogen-bond acceptors (Lipinski definition) is 4. The predicted molar refractivity (Wildman–Crippen MR) is 48.1 cm³/mol. The highest BCUT2D eigenvalue weighted by Gasteiger charge is 2.34. The molecule has 1 aliphatic heterocycles. The molecule has 0 saturated carbocycles. The van der Waals surface area contributed by atoms with Gasteiger partial charge in [-0.1, -0.05) is 0 Å². The van der Waals surface area contributed by atoms with Gasteiger partial charge in [-0.3, -0.25) is 4.79 Å². The Morgan fingerprint density at radius 2 is 2.08 bits per heavy atom. The first-order chi connectivity index (χ1) is 5.90. The summed E-state index contributed by atoms with van der Waals surface area (Å²) in [5.74, 6) is -0.545. The number of hydrogen-bond donors (Lipinski definition) is 1. The lowest BCUT2D eigenvalue weighted by Gasteiger charge is -2.22. The van der Waals surface area contributed by atoms with Gasteiger partial charge in [0.15, 0.2) is 0 Å². The fourth-order valence-corrected chi connectivity index (χ4v) is 1.19. The average molecular weight is 187 g/mol. The molecular weight excluding hydrogens is 170 g/mol. The molecule has 1 saturated heterocycles. The monoisotopic (exact) mass is 187 g/mol. The minimum atomic E-state index is -0.445. The van der Waals surface area contributed by atoms with Crippen molar-refractivity contribution in [2.45, 2.75) is 32.4 Å². The molecule has 13 heavy (non-hydrogen) atoms. The van der Waals surface area contributed by atoms with Crippen LogP contribution in [0.2, 0.25) is 0 Å². The lowest BCUT2D eigenvalue weighted by molar-refractivity contribution is -0.160. The fraction of sp³-hybridized carbons (Fsp3) is 0.889.